The molecule has 9 atom stereocenters. The van der Waals surface area contributed by atoms with Gasteiger partial charge in [0, 0.05) is 0 Å². The fourth-order valence-corrected chi connectivity index (χ4v) is 10.8. The predicted octanol–water partition coefficient (Wildman–Crippen LogP) is 6.20. The average molecular weight is 473 g/mol. The number of hydrogen-bond donors (Lipinski definition) is 3. The molecule has 0 heterocycles. The molecule has 4 saturated carbocycles. The van der Waals surface area contributed by atoms with Crippen LogP contribution in [0.5, 0.6) is 0 Å². The molecule has 0 amide bonds. The molecule has 5 rings (SSSR count). The molecule has 0 aliphatic heterocycles. The van der Waals surface area contributed by atoms with Gasteiger partial charge in [-0.3, -0.25) is 4.79 Å². The maximum Gasteiger partial charge on any atom is 0.310 e. The van der Waals surface area contributed by atoms with Crippen LogP contribution in [0.2, 0.25) is 0 Å². The Morgan fingerprint density at radius 3 is 2.18 bits per heavy atom. The van der Waals surface area contributed by atoms with Gasteiger partial charge < -0.3 is 15.3 Å². The molecule has 0 unspecified atom stereocenters. The highest BCUT2D eigenvalue weighted by atomic mass is 16.4. The van der Waals surface area contributed by atoms with Crippen molar-refractivity contribution >= 4 is 5.97 Å². The molecule has 5 aliphatic rings. The lowest BCUT2D eigenvalue weighted by molar-refractivity contribution is -0.231. The van der Waals surface area contributed by atoms with E-state index < -0.39 is 23.6 Å². The molecule has 34 heavy (non-hydrogen) atoms. The van der Waals surface area contributed by atoms with Crippen molar-refractivity contribution in [3.63, 3.8) is 0 Å². The first kappa shape index (κ1) is 24.8. The maximum absolute atomic E-state index is 12.8. The standard InChI is InChI=1S/C30H48O4/c1-25(2)12-14-30(24(33)34)15-13-28(6)18(19(30)16-25)8-9-22-27(5)17-20(31)23(32)26(3,4)21(27)10-11-29(22,28)7/h8,19-23,31-32H,9-17H2,1-7H3,(H,33,34)/t19-,20-,21-,22+,23+,27+,28+,29+,30-/m0/s1. The number of aliphatic hydroxyl groups is 2. The summed E-state index contributed by atoms with van der Waals surface area (Å²) in [5.41, 5.74) is 0.754. The van der Waals surface area contributed by atoms with Gasteiger partial charge in [0.05, 0.1) is 17.6 Å². The van der Waals surface area contributed by atoms with Crippen molar-refractivity contribution in [1.29, 1.82) is 0 Å². The predicted molar refractivity (Wildman–Crippen MR) is 134 cm³/mol. The molecule has 4 heteroatoms. The average Bonchev–Trinajstić information content (AvgIpc) is 2.72. The Hall–Kier alpha value is -0.870. The summed E-state index contributed by atoms with van der Waals surface area (Å²) in [5.74, 6) is 0.365. The summed E-state index contributed by atoms with van der Waals surface area (Å²) in [4.78, 5) is 12.8. The lowest BCUT2D eigenvalue weighted by Gasteiger charge is -2.71. The van der Waals surface area contributed by atoms with E-state index in [9.17, 15) is 20.1 Å². The molecule has 0 aromatic carbocycles. The molecular formula is C30H48O4. The number of hydrogen-bond acceptors (Lipinski definition) is 3. The molecule has 0 spiro atoms. The Morgan fingerprint density at radius 1 is 0.882 bits per heavy atom. The van der Waals surface area contributed by atoms with Crippen LogP contribution in [0.25, 0.3) is 0 Å². The van der Waals surface area contributed by atoms with E-state index in [1.54, 1.807) is 0 Å². The van der Waals surface area contributed by atoms with E-state index in [-0.39, 0.29) is 33.0 Å². The summed E-state index contributed by atoms with van der Waals surface area (Å²) in [5, 5.41) is 32.4. The van der Waals surface area contributed by atoms with Crippen molar-refractivity contribution in [2.75, 3.05) is 0 Å². The highest BCUT2D eigenvalue weighted by Crippen LogP contribution is 2.75. The highest BCUT2D eigenvalue weighted by molar-refractivity contribution is 5.76. The number of aliphatic hydroxyl groups excluding tert-OH is 2. The molecule has 4 fully saturated rings. The highest BCUT2D eigenvalue weighted by Gasteiger charge is 2.70. The first-order valence-electron chi connectivity index (χ1n) is 13.9. The Labute approximate surface area is 206 Å². The van der Waals surface area contributed by atoms with Gasteiger partial charge in [-0.1, -0.05) is 60.1 Å². The lowest BCUT2D eigenvalue weighted by Crippen LogP contribution is -2.67. The summed E-state index contributed by atoms with van der Waals surface area (Å²) in [6, 6.07) is 0. The number of allylic oxidation sites excluding steroid dienone is 2. The normalized spacial score (nSPS) is 53.4. The van der Waals surface area contributed by atoms with Crippen LogP contribution in [-0.4, -0.2) is 33.5 Å². The topological polar surface area (TPSA) is 77.8 Å². The zero-order chi connectivity index (χ0) is 25.1. The van der Waals surface area contributed by atoms with E-state index in [4.69, 9.17) is 0 Å². The SMILES string of the molecule is CC1(C)CC[C@]2(C(=O)O)CC[C@]3(C)C(=CC[C@@H]4[C@]5(C)C[C@H](O)[C@@H](O)C(C)(C)[C@@H]5CC[C@]43C)[C@@H]2C1. The maximum atomic E-state index is 12.8. The number of carboxylic acid groups (broad SMARTS) is 1. The molecule has 0 radical (unpaired) electrons. The second-order valence-electron chi connectivity index (χ2n) is 15.2. The Kier molecular flexibility index (Phi) is 5.20. The van der Waals surface area contributed by atoms with Crippen LogP contribution < -0.4 is 0 Å². The molecule has 4 nitrogen and oxygen atoms in total. The van der Waals surface area contributed by atoms with Gasteiger partial charge in [-0.15, -0.1) is 0 Å². The van der Waals surface area contributed by atoms with Crippen LogP contribution in [0.15, 0.2) is 11.6 Å². The quantitative estimate of drug-likeness (QED) is 0.397. The van der Waals surface area contributed by atoms with E-state index in [2.05, 4.69) is 54.5 Å². The number of aliphatic carboxylic acids is 1. The second kappa shape index (κ2) is 7.12. The van der Waals surface area contributed by atoms with E-state index in [1.165, 1.54) is 5.57 Å². The number of rotatable bonds is 1. The summed E-state index contributed by atoms with van der Waals surface area (Å²) in [6.07, 6.45) is 9.45. The largest absolute Gasteiger partial charge is 0.481 e. The lowest BCUT2D eigenvalue weighted by atomic mass is 9.33. The Balaban J connectivity index is 1.61. The van der Waals surface area contributed by atoms with E-state index in [0.29, 0.717) is 18.3 Å². The third-order valence-electron chi connectivity index (χ3n) is 13.0. The zero-order valence-electron chi connectivity index (χ0n) is 22.6. The van der Waals surface area contributed by atoms with E-state index in [1.807, 2.05) is 0 Å². The molecule has 0 saturated heterocycles. The molecule has 0 bridgehead atoms. The monoisotopic (exact) mass is 472 g/mol. The van der Waals surface area contributed by atoms with Gasteiger partial charge in [0.2, 0.25) is 0 Å². The molecule has 3 N–H and O–H groups in total. The zero-order valence-corrected chi connectivity index (χ0v) is 22.6. The van der Waals surface area contributed by atoms with Crippen molar-refractivity contribution < 1.29 is 20.1 Å². The first-order chi connectivity index (χ1) is 15.6. The first-order valence-corrected chi connectivity index (χ1v) is 13.9. The van der Waals surface area contributed by atoms with Crippen molar-refractivity contribution in [3.8, 4) is 0 Å². The summed E-state index contributed by atoms with van der Waals surface area (Å²) < 4.78 is 0. The summed E-state index contributed by atoms with van der Waals surface area (Å²) in [7, 11) is 0. The summed E-state index contributed by atoms with van der Waals surface area (Å²) in [6.45, 7) is 16.3. The van der Waals surface area contributed by atoms with Crippen molar-refractivity contribution in [2.24, 2.45) is 50.2 Å². The number of carbonyl (C=O) groups is 1. The van der Waals surface area contributed by atoms with E-state index >= 15 is 0 Å². The molecular weight excluding hydrogens is 424 g/mol. The van der Waals surface area contributed by atoms with Crippen LogP contribution in [0.4, 0.5) is 0 Å². The molecule has 192 valence electrons. The molecule has 0 aromatic rings. The Morgan fingerprint density at radius 2 is 1.53 bits per heavy atom. The van der Waals surface area contributed by atoms with Gasteiger partial charge in [0.15, 0.2) is 0 Å². The molecule has 5 aliphatic carbocycles. The second-order valence-corrected chi connectivity index (χ2v) is 15.2. The van der Waals surface area contributed by atoms with Crippen molar-refractivity contribution in [2.45, 2.75) is 118 Å². The van der Waals surface area contributed by atoms with Gasteiger partial charge in [-0.05, 0) is 103 Å². The van der Waals surface area contributed by atoms with Crippen molar-refractivity contribution in [3.05, 3.63) is 11.6 Å². The summed E-state index contributed by atoms with van der Waals surface area (Å²) >= 11 is 0. The van der Waals surface area contributed by atoms with Gasteiger partial charge >= 0.3 is 5.97 Å². The van der Waals surface area contributed by atoms with Crippen LogP contribution in [-0.2, 0) is 4.79 Å². The third kappa shape index (κ3) is 2.88. The third-order valence-corrected chi connectivity index (χ3v) is 13.0. The number of carboxylic acids is 1. The minimum atomic E-state index is -0.679. The minimum Gasteiger partial charge on any atom is -0.481 e. The van der Waals surface area contributed by atoms with Crippen LogP contribution in [0.1, 0.15) is 106 Å². The van der Waals surface area contributed by atoms with Gasteiger partial charge in [-0.25, -0.2) is 0 Å². The van der Waals surface area contributed by atoms with Gasteiger partial charge in [-0.2, -0.15) is 0 Å². The van der Waals surface area contributed by atoms with Crippen LogP contribution in [0.3, 0.4) is 0 Å². The van der Waals surface area contributed by atoms with Crippen LogP contribution in [0, 0.1) is 50.2 Å². The van der Waals surface area contributed by atoms with Crippen LogP contribution >= 0.6 is 0 Å². The number of fused-ring (bicyclic) bond motifs is 7. The van der Waals surface area contributed by atoms with Crippen molar-refractivity contribution in [1.82, 2.24) is 0 Å². The van der Waals surface area contributed by atoms with Gasteiger partial charge in [0.1, 0.15) is 0 Å². The fourth-order valence-electron chi connectivity index (χ4n) is 10.8. The smallest absolute Gasteiger partial charge is 0.310 e. The minimum absolute atomic E-state index is 0.00785. The van der Waals surface area contributed by atoms with E-state index in [0.717, 1.165) is 51.4 Å². The Bertz CT molecular complexity index is 919. The van der Waals surface area contributed by atoms with Gasteiger partial charge in [0.25, 0.3) is 0 Å². The molecule has 0 aromatic heterocycles. The fraction of sp³-hybridized carbons (Fsp3) is 0.900.